The van der Waals surface area contributed by atoms with Crippen LogP contribution in [0.15, 0.2) is 21.6 Å². The van der Waals surface area contributed by atoms with E-state index in [2.05, 4.69) is 20.9 Å². The zero-order valence-electron chi connectivity index (χ0n) is 9.46. The number of rotatable bonds is 2. The second-order valence-corrected chi connectivity index (χ2v) is 6.60. The molecular formula is C9H9BrN4O4S. The molecule has 0 bridgehead atoms. The minimum absolute atomic E-state index is 0.193. The van der Waals surface area contributed by atoms with Crippen LogP contribution in [0.3, 0.4) is 0 Å². The molecule has 102 valence electrons. The van der Waals surface area contributed by atoms with Gasteiger partial charge in [-0.25, -0.2) is 13.4 Å². The van der Waals surface area contributed by atoms with Crippen LogP contribution in [-0.4, -0.2) is 42.6 Å². The Morgan fingerprint density at radius 2 is 1.89 bits per heavy atom. The highest BCUT2D eigenvalue weighted by molar-refractivity contribution is 9.10. The summed E-state index contributed by atoms with van der Waals surface area (Å²) in [7, 11) is -4.05. The molecule has 0 radical (unpaired) electrons. The second-order valence-electron chi connectivity index (χ2n) is 3.78. The Balaban J connectivity index is 2.44. The number of anilines is 1. The maximum Gasteiger partial charge on any atom is 0.247 e. The molecule has 10 heteroatoms. The molecule has 0 saturated carbocycles. The minimum Gasteiger partial charge on any atom is -0.383 e. The molecule has 19 heavy (non-hydrogen) atoms. The lowest BCUT2D eigenvalue weighted by Gasteiger charge is -2.25. The van der Waals surface area contributed by atoms with Crippen LogP contribution in [0, 0.1) is 0 Å². The molecule has 1 saturated heterocycles. The zero-order valence-corrected chi connectivity index (χ0v) is 11.9. The molecule has 1 aromatic heterocycles. The number of carbonyl (C=O) groups excluding carboxylic acids is 2. The number of nitrogens with one attached hydrogen (secondary N) is 1. The average molecular weight is 349 g/mol. The third kappa shape index (κ3) is 2.74. The second kappa shape index (κ2) is 4.87. The van der Waals surface area contributed by atoms with Gasteiger partial charge >= 0.3 is 0 Å². The van der Waals surface area contributed by atoms with Gasteiger partial charge in [0.1, 0.15) is 10.7 Å². The number of hydrogen-bond donors (Lipinski definition) is 2. The fraction of sp³-hybridized carbons (Fsp3) is 0.222. The quantitative estimate of drug-likeness (QED) is 0.666. The molecule has 1 aromatic rings. The average Bonchev–Trinajstić information content (AvgIpc) is 2.31. The Labute approximate surface area is 117 Å². The van der Waals surface area contributed by atoms with Crippen molar-refractivity contribution in [2.45, 2.75) is 4.90 Å². The molecule has 3 N–H and O–H groups in total. The van der Waals surface area contributed by atoms with E-state index >= 15 is 0 Å². The van der Waals surface area contributed by atoms with Crippen LogP contribution < -0.4 is 11.1 Å². The van der Waals surface area contributed by atoms with Crippen molar-refractivity contribution in [1.82, 2.24) is 14.6 Å². The van der Waals surface area contributed by atoms with Gasteiger partial charge in [-0.15, -0.1) is 0 Å². The SMILES string of the molecule is Nc1ncc(Br)cc1S(=O)(=O)N1CC(=O)NC(=O)C1. The number of pyridine rings is 1. The summed E-state index contributed by atoms with van der Waals surface area (Å²) in [6.45, 7) is -0.861. The number of carbonyl (C=O) groups is 2. The predicted molar refractivity (Wildman–Crippen MR) is 68.3 cm³/mol. The van der Waals surface area contributed by atoms with Gasteiger partial charge in [0.2, 0.25) is 21.8 Å². The van der Waals surface area contributed by atoms with Crippen LogP contribution in [0.1, 0.15) is 0 Å². The molecule has 2 heterocycles. The van der Waals surface area contributed by atoms with Crippen LogP contribution in [0.4, 0.5) is 5.82 Å². The fourth-order valence-corrected chi connectivity index (χ4v) is 3.49. The summed E-state index contributed by atoms with van der Waals surface area (Å²) < 4.78 is 25.8. The lowest BCUT2D eigenvalue weighted by atomic mass is 10.4. The Bertz CT molecular complexity index is 644. The van der Waals surface area contributed by atoms with Gasteiger partial charge in [0.15, 0.2) is 0 Å². The van der Waals surface area contributed by atoms with E-state index in [4.69, 9.17) is 5.73 Å². The molecule has 0 spiro atoms. The molecular weight excluding hydrogens is 340 g/mol. The summed E-state index contributed by atoms with van der Waals surface area (Å²) in [5, 5.41) is 2.02. The highest BCUT2D eigenvalue weighted by atomic mass is 79.9. The van der Waals surface area contributed by atoms with Crippen LogP contribution in [0.25, 0.3) is 0 Å². The highest BCUT2D eigenvalue weighted by Gasteiger charge is 2.34. The summed E-state index contributed by atoms with van der Waals surface area (Å²) in [6.07, 6.45) is 1.35. The maximum atomic E-state index is 12.3. The van der Waals surface area contributed by atoms with Crippen molar-refractivity contribution >= 4 is 43.6 Å². The number of amides is 2. The number of hydrogen-bond acceptors (Lipinski definition) is 6. The number of nitrogens with zero attached hydrogens (tertiary/aromatic N) is 2. The van der Waals surface area contributed by atoms with Crippen molar-refractivity contribution in [1.29, 1.82) is 0 Å². The first kappa shape index (κ1) is 13.9. The van der Waals surface area contributed by atoms with Crippen LogP contribution in [0.5, 0.6) is 0 Å². The summed E-state index contributed by atoms with van der Waals surface area (Å²) >= 11 is 3.09. The van der Waals surface area contributed by atoms with E-state index in [1.807, 2.05) is 5.32 Å². The Morgan fingerprint density at radius 1 is 1.32 bits per heavy atom. The Morgan fingerprint density at radius 3 is 2.47 bits per heavy atom. The molecule has 8 nitrogen and oxygen atoms in total. The van der Waals surface area contributed by atoms with Crippen molar-refractivity contribution in [3.63, 3.8) is 0 Å². The van der Waals surface area contributed by atoms with Gasteiger partial charge in [-0.05, 0) is 22.0 Å². The smallest absolute Gasteiger partial charge is 0.247 e. The van der Waals surface area contributed by atoms with Gasteiger partial charge in [0.05, 0.1) is 13.1 Å². The molecule has 2 rings (SSSR count). The maximum absolute atomic E-state index is 12.3. The van der Waals surface area contributed by atoms with Gasteiger partial charge in [0.25, 0.3) is 0 Å². The van der Waals surface area contributed by atoms with E-state index in [9.17, 15) is 18.0 Å². The van der Waals surface area contributed by atoms with Crippen LogP contribution >= 0.6 is 15.9 Å². The van der Waals surface area contributed by atoms with E-state index in [1.165, 1.54) is 12.3 Å². The van der Waals surface area contributed by atoms with Gasteiger partial charge in [0, 0.05) is 10.7 Å². The number of sulfonamides is 1. The lowest BCUT2D eigenvalue weighted by molar-refractivity contribution is -0.134. The molecule has 1 aliphatic rings. The fourth-order valence-electron chi connectivity index (χ4n) is 1.56. The summed E-state index contributed by atoms with van der Waals surface area (Å²) in [4.78, 5) is 25.9. The topological polar surface area (TPSA) is 122 Å². The summed E-state index contributed by atoms with van der Waals surface area (Å²) in [5.74, 6) is -1.55. The number of nitrogen functional groups attached to an aromatic ring is 1. The third-order valence-corrected chi connectivity index (χ3v) is 4.64. The number of imide groups is 1. The molecule has 2 amide bonds. The minimum atomic E-state index is -4.05. The van der Waals surface area contributed by atoms with Crippen LogP contribution in [0.2, 0.25) is 0 Å². The standard InChI is InChI=1S/C9H9BrN4O4S/c10-5-1-6(9(11)12-2-5)19(17,18)14-3-7(15)13-8(16)4-14/h1-2H,3-4H2,(H2,11,12)(H,13,15,16). The highest BCUT2D eigenvalue weighted by Crippen LogP contribution is 2.24. The van der Waals surface area contributed by atoms with Crippen molar-refractivity contribution in [2.24, 2.45) is 0 Å². The molecule has 1 fully saturated rings. The van der Waals surface area contributed by atoms with Crippen molar-refractivity contribution in [3.8, 4) is 0 Å². The van der Waals surface area contributed by atoms with E-state index in [0.717, 1.165) is 4.31 Å². The largest absolute Gasteiger partial charge is 0.383 e. The van der Waals surface area contributed by atoms with E-state index in [1.54, 1.807) is 0 Å². The Hall–Kier alpha value is -1.52. The van der Waals surface area contributed by atoms with Gasteiger partial charge in [-0.2, -0.15) is 4.31 Å². The molecule has 0 aromatic carbocycles. The predicted octanol–water partition coefficient (Wildman–Crippen LogP) is -0.927. The zero-order chi connectivity index (χ0) is 14.2. The number of nitrogens with two attached hydrogens (primary N) is 1. The third-order valence-electron chi connectivity index (χ3n) is 2.38. The first-order valence-corrected chi connectivity index (χ1v) is 7.28. The number of piperazine rings is 1. The van der Waals surface area contributed by atoms with Crippen LogP contribution in [-0.2, 0) is 19.6 Å². The van der Waals surface area contributed by atoms with Gasteiger partial charge in [-0.1, -0.05) is 0 Å². The Kier molecular flexibility index (Phi) is 3.56. The van der Waals surface area contributed by atoms with Crippen molar-refractivity contribution in [2.75, 3.05) is 18.8 Å². The summed E-state index contributed by atoms with van der Waals surface area (Å²) in [5.41, 5.74) is 5.53. The molecule has 0 atom stereocenters. The van der Waals surface area contributed by atoms with E-state index in [0.29, 0.717) is 4.47 Å². The monoisotopic (exact) mass is 348 g/mol. The normalized spacial score (nSPS) is 17.3. The molecule has 0 aliphatic carbocycles. The van der Waals surface area contributed by atoms with Gasteiger partial charge < -0.3 is 5.73 Å². The first-order chi connectivity index (χ1) is 8.80. The van der Waals surface area contributed by atoms with E-state index in [-0.39, 0.29) is 10.7 Å². The number of halogens is 1. The van der Waals surface area contributed by atoms with Gasteiger partial charge in [-0.3, -0.25) is 14.9 Å². The number of aromatic nitrogens is 1. The van der Waals surface area contributed by atoms with E-state index < -0.39 is 34.9 Å². The molecule has 1 aliphatic heterocycles. The van der Waals surface area contributed by atoms with Crippen molar-refractivity contribution < 1.29 is 18.0 Å². The first-order valence-electron chi connectivity index (χ1n) is 5.04. The molecule has 0 unspecified atom stereocenters. The van der Waals surface area contributed by atoms with Crippen molar-refractivity contribution in [3.05, 3.63) is 16.7 Å². The lowest BCUT2D eigenvalue weighted by Crippen LogP contribution is -2.53. The summed E-state index contributed by atoms with van der Waals surface area (Å²) in [6, 6.07) is 1.27.